The lowest BCUT2D eigenvalue weighted by Gasteiger charge is -2.17. The van der Waals surface area contributed by atoms with E-state index in [-0.39, 0.29) is 6.04 Å². The number of benzene rings is 2. The zero-order valence-corrected chi connectivity index (χ0v) is 13.4. The Morgan fingerprint density at radius 3 is 2.50 bits per heavy atom. The van der Waals surface area contributed by atoms with Gasteiger partial charge in [-0.2, -0.15) is 0 Å². The molecule has 3 nitrogen and oxygen atoms in total. The van der Waals surface area contributed by atoms with Crippen LogP contribution in [0.4, 0.5) is 5.69 Å². The second kappa shape index (κ2) is 7.85. The molecule has 1 heterocycles. The first-order chi connectivity index (χ1) is 11.9. The maximum Gasteiger partial charge on any atom is 0.141 e. The summed E-state index contributed by atoms with van der Waals surface area (Å²) in [4.78, 5) is 4.21. The molecule has 3 heteroatoms. The molecule has 1 atom stereocenters. The molecular formula is C21H18N2O. The molecule has 0 fully saturated rings. The van der Waals surface area contributed by atoms with Crippen LogP contribution in [0.25, 0.3) is 0 Å². The molecule has 3 aromatic rings. The van der Waals surface area contributed by atoms with Crippen molar-refractivity contribution < 1.29 is 4.74 Å². The predicted octanol–water partition coefficient (Wildman–Crippen LogP) is 4.30. The quantitative estimate of drug-likeness (QED) is 0.729. The summed E-state index contributed by atoms with van der Waals surface area (Å²) in [5.74, 6) is 7.30. The zero-order chi connectivity index (χ0) is 16.6. The molecule has 24 heavy (non-hydrogen) atoms. The lowest BCUT2D eigenvalue weighted by Crippen LogP contribution is -2.10. The first kappa shape index (κ1) is 15.6. The molecule has 3 rings (SSSR count). The summed E-state index contributed by atoms with van der Waals surface area (Å²) >= 11 is 0. The third-order valence-electron chi connectivity index (χ3n) is 3.56. The molecule has 2 aromatic carbocycles. The number of ether oxygens (including phenoxy) is 1. The monoisotopic (exact) mass is 314 g/mol. The maximum atomic E-state index is 5.42. The highest BCUT2D eigenvalue weighted by molar-refractivity contribution is 5.58. The minimum absolute atomic E-state index is 0.185. The number of hydrogen-bond donors (Lipinski definition) is 1. The largest absolute Gasteiger partial charge is 0.495 e. The average Bonchev–Trinajstić information content (AvgIpc) is 2.67. The topological polar surface area (TPSA) is 34.1 Å². The van der Waals surface area contributed by atoms with Crippen LogP contribution in [0.1, 0.15) is 17.2 Å². The Morgan fingerprint density at radius 2 is 1.75 bits per heavy atom. The van der Waals surface area contributed by atoms with Crippen molar-refractivity contribution in [1.82, 2.24) is 4.98 Å². The molecule has 0 amide bonds. The number of hydrogen-bond acceptors (Lipinski definition) is 3. The zero-order valence-electron chi connectivity index (χ0n) is 13.4. The molecule has 1 N–H and O–H groups in total. The molecule has 0 spiro atoms. The summed E-state index contributed by atoms with van der Waals surface area (Å²) in [7, 11) is 1.66. The van der Waals surface area contributed by atoms with Gasteiger partial charge in [-0.1, -0.05) is 48.2 Å². The Bertz CT molecular complexity index is 836. The molecule has 0 aliphatic carbocycles. The summed E-state index contributed by atoms with van der Waals surface area (Å²) in [6.45, 7) is 0. The van der Waals surface area contributed by atoms with Crippen LogP contribution in [0, 0.1) is 11.8 Å². The minimum atomic E-state index is -0.185. The van der Waals surface area contributed by atoms with Crippen molar-refractivity contribution in [2.45, 2.75) is 6.04 Å². The number of para-hydroxylation sites is 2. The average molecular weight is 314 g/mol. The highest BCUT2D eigenvalue weighted by Gasteiger charge is 2.11. The van der Waals surface area contributed by atoms with Gasteiger partial charge in [-0.25, -0.2) is 0 Å². The molecule has 118 valence electrons. The molecule has 0 aliphatic rings. The molecule has 1 aromatic heterocycles. The van der Waals surface area contributed by atoms with Gasteiger partial charge in [0.15, 0.2) is 0 Å². The Labute approximate surface area is 142 Å². The van der Waals surface area contributed by atoms with Gasteiger partial charge >= 0.3 is 0 Å². The van der Waals surface area contributed by atoms with E-state index in [9.17, 15) is 0 Å². The minimum Gasteiger partial charge on any atom is -0.495 e. The molecule has 0 bridgehead atoms. The Morgan fingerprint density at radius 1 is 0.958 bits per heavy atom. The van der Waals surface area contributed by atoms with Gasteiger partial charge in [0.05, 0.1) is 12.8 Å². The van der Waals surface area contributed by atoms with Crippen LogP contribution in [0.2, 0.25) is 0 Å². The number of methoxy groups -OCH3 is 1. The standard InChI is InChI=1S/C21H18N2O/c1-24-21-12-6-5-11-20(21)23-19(18-10-7-15-22-16-18)14-13-17-8-3-2-4-9-17/h2-12,15-16,19,23H,1H3. The third-order valence-corrected chi connectivity index (χ3v) is 3.56. The first-order valence-electron chi connectivity index (χ1n) is 7.73. The fourth-order valence-electron chi connectivity index (χ4n) is 2.35. The fourth-order valence-corrected chi connectivity index (χ4v) is 2.35. The van der Waals surface area contributed by atoms with E-state index in [1.807, 2.05) is 72.9 Å². The Balaban J connectivity index is 1.93. The van der Waals surface area contributed by atoms with Crippen molar-refractivity contribution in [3.8, 4) is 17.6 Å². The highest BCUT2D eigenvalue weighted by atomic mass is 16.5. The van der Waals surface area contributed by atoms with Crippen LogP contribution >= 0.6 is 0 Å². The van der Waals surface area contributed by atoms with Crippen LogP contribution in [0.5, 0.6) is 5.75 Å². The summed E-state index contributed by atoms with van der Waals surface area (Å²) in [5, 5.41) is 3.45. The predicted molar refractivity (Wildman–Crippen MR) is 96.9 cm³/mol. The molecular weight excluding hydrogens is 296 g/mol. The van der Waals surface area contributed by atoms with Gasteiger partial charge in [0.1, 0.15) is 11.8 Å². The van der Waals surface area contributed by atoms with Crippen LogP contribution < -0.4 is 10.1 Å². The summed E-state index contributed by atoms with van der Waals surface area (Å²) < 4.78 is 5.42. The lowest BCUT2D eigenvalue weighted by atomic mass is 10.1. The van der Waals surface area contributed by atoms with Gasteiger partial charge in [0.25, 0.3) is 0 Å². The first-order valence-corrected chi connectivity index (χ1v) is 7.73. The van der Waals surface area contributed by atoms with E-state index in [4.69, 9.17) is 4.74 Å². The molecule has 0 saturated heterocycles. The van der Waals surface area contributed by atoms with Crippen molar-refractivity contribution in [3.05, 3.63) is 90.3 Å². The van der Waals surface area contributed by atoms with E-state index in [0.717, 1.165) is 22.6 Å². The van der Waals surface area contributed by atoms with Crippen molar-refractivity contribution in [1.29, 1.82) is 0 Å². The van der Waals surface area contributed by atoms with Gasteiger partial charge < -0.3 is 10.1 Å². The van der Waals surface area contributed by atoms with Crippen LogP contribution in [-0.2, 0) is 0 Å². The van der Waals surface area contributed by atoms with Crippen molar-refractivity contribution in [2.24, 2.45) is 0 Å². The molecule has 0 aliphatic heterocycles. The van der Waals surface area contributed by atoms with E-state index >= 15 is 0 Å². The maximum absolute atomic E-state index is 5.42. The number of aromatic nitrogens is 1. The van der Waals surface area contributed by atoms with E-state index < -0.39 is 0 Å². The Kier molecular flexibility index (Phi) is 5.11. The van der Waals surface area contributed by atoms with Crippen LogP contribution in [0.3, 0.4) is 0 Å². The van der Waals surface area contributed by atoms with Crippen LogP contribution in [0.15, 0.2) is 79.1 Å². The van der Waals surface area contributed by atoms with Crippen molar-refractivity contribution in [3.63, 3.8) is 0 Å². The lowest BCUT2D eigenvalue weighted by molar-refractivity contribution is 0.416. The Hall–Kier alpha value is -3.25. The van der Waals surface area contributed by atoms with Gasteiger partial charge in [-0.3, -0.25) is 4.98 Å². The third kappa shape index (κ3) is 3.93. The second-order valence-corrected chi connectivity index (χ2v) is 5.20. The molecule has 0 saturated carbocycles. The van der Waals surface area contributed by atoms with E-state index in [0.29, 0.717) is 0 Å². The van der Waals surface area contributed by atoms with E-state index in [1.54, 1.807) is 13.3 Å². The smallest absolute Gasteiger partial charge is 0.141 e. The normalized spacial score (nSPS) is 11.0. The SMILES string of the molecule is COc1ccccc1NC(C#Cc1ccccc1)c1cccnc1. The fraction of sp³-hybridized carbons (Fsp3) is 0.0952. The number of rotatable bonds is 4. The van der Waals surface area contributed by atoms with Gasteiger partial charge in [-0.15, -0.1) is 0 Å². The van der Waals surface area contributed by atoms with Gasteiger partial charge in [-0.05, 0) is 30.3 Å². The number of anilines is 1. The van der Waals surface area contributed by atoms with Gasteiger partial charge in [0, 0.05) is 23.5 Å². The van der Waals surface area contributed by atoms with E-state index in [2.05, 4.69) is 22.1 Å². The highest BCUT2D eigenvalue weighted by Crippen LogP contribution is 2.27. The van der Waals surface area contributed by atoms with Crippen molar-refractivity contribution in [2.75, 3.05) is 12.4 Å². The number of nitrogens with zero attached hydrogens (tertiary/aromatic N) is 1. The van der Waals surface area contributed by atoms with Crippen LogP contribution in [-0.4, -0.2) is 12.1 Å². The second-order valence-electron chi connectivity index (χ2n) is 5.20. The molecule has 0 radical (unpaired) electrons. The summed E-state index contributed by atoms with van der Waals surface area (Å²) in [6, 6.07) is 21.5. The van der Waals surface area contributed by atoms with Crippen molar-refractivity contribution >= 4 is 5.69 Å². The molecule has 1 unspecified atom stereocenters. The van der Waals surface area contributed by atoms with E-state index in [1.165, 1.54) is 0 Å². The van der Waals surface area contributed by atoms with Gasteiger partial charge in [0.2, 0.25) is 0 Å². The number of pyridine rings is 1. The summed E-state index contributed by atoms with van der Waals surface area (Å²) in [5.41, 5.74) is 2.89. The number of nitrogens with one attached hydrogen (secondary N) is 1. The summed E-state index contributed by atoms with van der Waals surface area (Å²) in [6.07, 6.45) is 3.58.